The van der Waals surface area contributed by atoms with Gasteiger partial charge in [-0.25, -0.2) is 0 Å². The first-order chi connectivity index (χ1) is 16.3. The molecule has 1 spiro atoms. The van der Waals surface area contributed by atoms with Crippen LogP contribution in [0, 0.1) is 0 Å². The van der Waals surface area contributed by atoms with E-state index in [-0.39, 0.29) is 35.1 Å². The van der Waals surface area contributed by atoms with Crippen LogP contribution in [0.15, 0.2) is 54.7 Å². The maximum atomic E-state index is 13.5. The Balaban J connectivity index is 1.31. The predicted octanol–water partition coefficient (Wildman–Crippen LogP) is 3.02. The number of aromatic nitrogens is 1. The fourth-order valence-corrected chi connectivity index (χ4v) is 6.19. The number of nitrogens with zero attached hydrogens (tertiary/aromatic N) is 2. The number of benzene rings is 2. The zero-order valence-electron chi connectivity index (χ0n) is 20.4. The van der Waals surface area contributed by atoms with Gasteiger partial charge in [-0.2, -0.15) is 0 Å². The molecule has 0 saturated carbocycles. The van der Waals surface area contributed by atoms with Gasteiger partial charge in [-0.05, 0) is 42.0 Å². The summed E-state index contributed by atoms with van der Waals surface area (Å²) >= 11 is 0. The average molecular weight is 460 g/mol. The number of piperidine rings is 1. The maximum Gasteiger partial charge on any atom is 0.281 e. The van der Waals surface area contributed by atoms with Gasteiger partial charge in [0.25, 0.3) is 5.91 Å². The van der Waals surface area contributed by atoms with Crippen LogP contribution in [0.25, 0.3) is 10.9 Å². The molecule has 4 N–H and O–H groups in total. The van der Waals surface area contributed by atoms with Crippen LogP contribution in [0.5, 0.6) is 0 Å². The van der Waals surface area contributed by atoms with Crippen molar-refractivity contribution < 1.29 is 15.3 Å². The van der Waals surface area contributed by atoms with Crippen LogP contribution >= 0.6 is 0 Å². The second kappa shape index (κ2) is 8.58. The number of hydrogen-bond acceptors (Lipinski definition) is 2. The number of nitrogens with one attached hydrogen (secondary N) is 1. The second-order valence-corrected chi connectivity index (χ2v) is 10.4. The van der Waals surface area contributed by atoms with E-state index >= 15 is 0 Å². The number of hydrogen-bond donors (Lipinski definition) is 2. The van der Waals surface area contributed by atoms with Gasteiger partial charge in [0.2, 0.25) is 5.91 Å². The lowest BCUT2D eigenvalue weighted by Crippen LogP contribution is -2.70. The first-order valence-electron chi connectivity index (χ1n) is 12.3. The lowest BCUT2D eigenvalue weighted by atomic mass is 9.73. The minimum absolute atomic E-state index is 0.0221. The van der Waals surface area contributed by atoms with Crippen molar-refractivity contribution in [3.05, 3.63) is 71.4 Å². The molecule has 0 radical (unpaired) electrons. The van der Waals surface area contributed by atoms with E-state index in [0.29, 0.717) is 13.1 Å². The van der Waals surface area contributed by atoms with Crippen molar-refractivity contribution in [1.29, 1.82) is 0 Å². The third-order valence-electron chi connectivity index (χ3n) is 8.31. The highest BCUT2D eigenvalue weighted by atomic mass is 16.2. The molecule has 5 rings (SSSR count). The van der Waals surface area contributed by atoms with Gasteiger partial charge in [0.1, 0.15) is 0 Å². The van der Waals surface area contributed by atoms with Crippen molar-refractivity contribution >= 4 is 22.7 Å². The van der Waals surface area contributed by atoms with Crippen LogP contribution in [0.1, 0.15) is 54.7 Å². The summed E-state index contributed by atoms with van der Waals surface area (Å²) < 4.78 is 0. The molecule has 1 aliphatic heterocycles. The number of amides is 2. The Hall–Kier alpha value is -3.12. The molecule has 6 heteroatoms. The van der Waals surface area contributed by atoms with Gasteiger partial charge >= 0.3 is 0 Å². The van der Waals surface area contributed by atoms with Crippen LogP contribution in [-0.4, -0.2) is 59.8 Å². The van der Waals surface area contributed by atoms with Crippen LogP contribution in [-0.2, 0) is 15.0 Å². The number of aromatic amines is 1. The summed E-state index contributed by atoms with van der Waals surface area (Å²) in [5, 5.41) is 1.16. The van der Waals surface area contributed by atoms with Gasteiger partial charge in [0.05, 0.1) is 5.92 Å². The van der Waals surface area contributed by atoms with Crippen molar-refractivity contribution in [2.45, 2.75) is 49.5 Å². The molecule has 3 aromatic rings. The second-order valence-electron chi connectivity index (χ2n) is 10.4. The Labute approximate surface area is 201 Å². The SMILES string of the molecule is CC(c1c[nH]c2ccccc12)C([NH3+])C(=O)N1CCC2(CC1)CC(C(=O)N(C)C)c1ccccc12. The number of rotatable bonds is 4. The number of H-pyrrole nitrogens is 1. The minimum atomic E-state index is -0.341. The van der Waals surface area contributed by atoms with E-state index in [1.807, 2.05) is 43.4 Å². The number of likely N-dealkylation sites (N-methyl/N-ethyl adjacent to an activating group) is 1. The first-order valence-corrected chi connectivity index (χ1v) is 12.3. The van der Waals surface area contributed by atoms with Gasteiger partial charge < -0.3 is 20.5 Å². The molecular weight excluding hydrogens is 424 g/mol. The molecule has 1 aliphatic carbocycles. The molecule has 2 aromatic carbocycles. The Morgan fingerprint density at radius 1 is 1.09 bits per heavy atom. The van der Waals surface area contributed by atoms with E-state index in [1.54, 1.807) is 4.90 Å². The number of quaternary nitrogens is 1. The highest BCUT2D eigenvalue weighted by Crippen LogP contribution is 2.52. The van der Waals surface area contributed by atoms with Crippen LogP contribution < -0.4 is 5.73 Å². The molecule has 1 saturated heterocycles. The Morgan fingerprint density at radius 2 is 1.76 bits per heavy atom. The molecule has 3 atom stereocenters. The highest BCUT2D eigenvalue weighted by Gasteiger charge is 2.48. The van der Waals surface area contributed by atoms with Gasteiger partial charge in [-0.1, -0.05) is 49.4 Å². The summed E-state index contributed by atoms with van der Waals surface area (Å²) in [5.74, 6) is 0.234. The third kappa shape index (κ3) is 3.61. The van der Waals surface area contributed by atoms with E-state index in [2.05, 4.69) is 48.0 Å². The lowest BCUT2D eigenvalue weighted by molar-refractivity contribution is -0.410. The monoisotopic (exact) mass is 459 g/mol. The Bertz CT molecular complexity index is 1220. The van der Waals surface area contributed by atoms with Crippen LogP contribution in [0.3, 0.4) is 0 Å². The number of fused-ring (bicyclic) bond motifs is 3. The van der Waals surface area contributed by atoms with Crippen molar-refractivity contribution in [3.63, 3.8) is 0 Å². The summed E-state index contributed by atoms with van der Waals surface area (Å²) in [5.41, 5.74) is 8.99. The summed E-state index contributed by atoms with van der Waals surface area (Å²) in [7, 11) is 3.67. The predicted molar refractivity (Wildman–Crippen MR) is 133 cm³/mol. The van der Waals surface area contributed by atoms with Crippen molar-refractivity contribution in [1.82, 2.24) is 14.8 Å². The standard InChI is InChI=1S/C28H34N4O2/c1-18(22-17-30-24-11-7-5-9-20(22)24)25(29)27(34)32-14-12-28(13-15-32)16-21(26(33)31(2)3)19-8-4-6-10-23(19)28/h4-11,17-18,21,25,30H,12-16,29H2,1-3H3/p+1. The quantitative estimate of drug-likeness (QED) is 0.629. The van der Waals surface area contributed by atoms with E-state index in [1.165, 1.54) is 11.1 Å². The Morgan fingerprint density at radius 3 is 2.50 bits per heavy atom. The average Bonchev–Trinajstić information content (AvgIpc) is 3.43. The van der Waals surface area contributed by atoms with Gasteiger partial charge in [0.15, 0.2) is 6.04 Å². The summed E-state index contributed by atoms with van der Waals surface area (Å²) in [6.07, 6.45) is 4.64. The summed E-state index contributed by atoms with van der Waals surface area (Å²) in [6, 6.07) is 16.3. The molecule has 1 aromatic heterocycles. The summed E-state index contributed by atoms with van der Waals surface area (Å²) in [4.78, 5) is 33.4. The molecule has 2 aliphatic rings. The molecule has 0 bridgehead atoms. The minimum Gasteiger partial charge on any atom is -0.361 e. The maximum absolute atomic E-state index is 13.5. The van der Waals surface area contributed by atoms with Crippen LogP contribution in [0.2, 0.25) is 0 Å². The van der Waals surface area contributed by atoms with Crippen molar-refractivity contribution in [2.75, 3.05) is 27.2 Å². The molecule has 178 valence electrons. The molecule has 3 unspecified atom stereocenters. The fraction of sp³-hybridized carbons (Fsp3) is 0.429. The largest absolute Gasteiger partial charge is 0.361 e. The molecular formula is C28H35N4O2+. The molecule has 2 amide bonds. The third-order valence-corrected chi connectivity index (χ3v) is 8.31. The van der Waals surface area contributed by atoms with Crippen molar-refractivity contribution in [3.8, 4) is 0 Å². The van der Waals surface area contributed by atoms with Crippen LogP contribution in [0.4, 0.5) is 0 Å². The van der Waals surface area contributed by atoms with Gasteiger partial charge in [-0.3, -0.25) is 9.59 Å². The summed E-state index contributed by atoms with van der Waals surface area (Å²) in [6.45, 7) is 3.52. The van der Waals surface area contributed by atoms with E-state index in [0.717, 1.165) is 35.7 Å². The van der Waals surface area contributed by atoms with Crippen molar-refractivity contribution in [2.24, 2.45) is 0 Å². The zero-order chi connectivity index (χ0) is 24.0. The van der Waals surface area contributed by atoms with Gasteiger partial charge in [-0.15, -0.1) is 0 Å². The topological polar surface area (TPSA) is 84.0 Å². The van der Waals surface area contributed by atoms with E-state index in [9.17, 15) is 9.59 Å². The number of likely N-dealkylation sites (tertiary alicyclic amines) is 1. The van der Waals surface area contributed by atoms with Gasteiger partial charge in [0, 0.05) is 55.6 Å². The first kappa shape index (κ1) is 22.7. The highest BCUT2D eigenvalue weighted by molar-refractivity contribution is 5.87. The fourth-order valence-electron chi connectivity index (χ4n) is 6.19. The zero-order valence-corrected chi connectivity index (χ0v) is 20.4. The molecule has 1 fully saturated rings. The number of para-hydroxylation sites is 1. The number of carbonyl (C=O) groups is 2. The Kier molecular flexibility index (Phi) is 5.72. The molecule has 6 nitrogen and oxygen atoms in total. The van der Waals surface area contributed by atoms with E-state index < -0.39 is 0 Å². The molecule has 34 heavy (non-hydrogen) atoms. The normalized spacial score (nSPS) is 20.8. The lowest BCUT2D eigenvalue weighted by Gasteiger charge is -2.41. The molecule has 2 heterocycles. The smallest absolute Gasteiger partial charge is 0.281 e. The van der Waals surface area contributed by atoms with E-state index in [4.69, 9.17) is 0 Å². The number of carbonyl (C=O) groups excluding carboxylic acids is 2.